The zero-order valence-corrected chi connectivity index (χ0v) is 16.1. The summed E-state index contributed by atoms with van der Waals surface area (Å²) in [6, 6.07) is 22.6. The summed E-state index contributed by atoms with van der Waals surface area (Å²) in [5, 5.41) is 3.11. The third-order valence-corrected chi connectivity index (χ3v) is 5.13. The van der Waals surface area contributed by atoms with Crippen LogP contribution < -0.4 is 5.32 Å². The first-order valence-corrected chi connectivity index (χ1v) is 9.84. The number of nitrogens with one attached hydrogen (secondary N) is 1. The summed E-state index contributed by atoms with van der Waals surface area (Å²) < 4.78 is 0. The van der Waals surface area contributed by atoms with Crippen molar-refractivity contribution in [2.75, 3.05) is 6.54 Å². The van der Waals surface area contributed by atoms with Gasteiger partial charge in [0.25, 0.3) is 5.91 Å². The average molecular weight is 385 g/mol. The second kappa shape index (κ2) is 8.69. The van der Waals surface area contributed by atoms with Gasteiger partial charge in [0, 0.05) is 31.3 Å². The van der Waals surface area contributed by atoms with Crippen molar-refractivity contribution >= 4 is 11.8 Å². The number of hydrogen-bond donors (Lipinski definition) is 1. The molecule has 1 saturated heterocycles. The molecule has 1 aliphatic heterocycles. The maximum Gasteiger partial charge on any atom is 0.252 e. The highest BCUT2D eigenvalue weighted by Gasteiger charge is 2.21. The Bertz CT molecular complexity index is 950. The molecule has 146 valence electrons. The van der Waals surface area contributed by atoms with E-state index in [0.29, 0.717) is 18.5 Å². The Morgan fingerprint density at radius 2 is 1.86 bits per heavy atom. The Hall–Kier alpha value is -3.47. The molecule has 0 saturated carbocycles. The summed E-state index contributed by atoms with van der Waals surface area (Å²) in [6.07, 6.45) is 3.25. The van der Waals surface area contributed by atoms with Crippen molar-refractivity contribution in [3.8, 4) is 0 Å². The van der Waals surface area contributed by atoms with Gasteiger partial charge in [-0.1, -0.05) is 48.5 Å². The largest absolute Gasteiger partial charge is 0.340 e. The van der Waals surface area contributed by atoms with E-state index in [-0.39, 0.29) is 17.9 Å². The van der Waals surface area contributed by atoms with Crippen molar-refractivity contribution in [3.63, 3.8) is 0 Å². The van der Waals surface area contributed by atoms with E-state index in [1.807, 2.05) is 71.6 Å². The molecule has 3 aromatic rings. The van der Waals surface area contributed by atoms with Gasteiger partial charge < -0.3 is 10.2 Å². The summed E-state index contributed by atoms with van der Waals surface area (Å²) in [5.41, 5.74) is 3.29. The fourth-order valence-electron chi connectivity index (χ4n) is 3.64. The molecule has 0 aliphatic carbocycles. The molecule has 2 aromatic carbocycles. The zero-order chi connectivity index (χ0) is 20.1. The molecule has 2 amide bonds. The number of aromatic nitrogens is 1. The van der Waals surface area contributed by atoms with Crippen LogP contribution in [0.1, 0.15) is 46.1 Å². The van der Waals surface area contributed by atoms with E-state index in [1.54, 1.807) is 12.3 Å². The molecule has 0 bridgehead atoms. The van der Waals surface area contributed by atoms with Crippen molar-refractivity contribution in [2.24, 2.45) is 0 Å². The Kier molecular flexibility index (Phi) is 5.66. The van der Waals surface area contributed by atoms with Crippen molar-refractivity contribution in [1.82, 2.24) is 15.2 Å². The van der Waals surface area contributed by atoms with E-state index in [1.165, 1.54) is 0 Å². The molecule has 2 heterocycles. The van der Waals surface area contributed by atoms with Crippen LogP contribution in [0.25, 0.3) is 0 Å². The van der Waals surface area contributed by atoms with Gasteiger partial charge in [0.05, 0.1) is 11.7 Å². The van der Waals surface area contributed by atoms with Gasteiger partial charge in [0.2, 0.25) is 5.91 Å². The Labute approximate surface area is 170 Å². The van der Waals surface area contributed by atoms with Crippen LogP contribution in [-0.2, 0) is 11.3 Å². The van der Waals surface area contributed by atoms with Crippen molar-refractivity contribution in [3.05, 3.63) is 101 Å². The van der Waals surface area contributed by atoms with Crippen LogP contribution in [0.15, 0.2) is 79.0 Å². The Morgan fingerprint density at radius 3 is 2.59 bits per heavy atom. The van der Waals surface area contributed by atoms with Crippen LogP contribution in [0, 0.1) is 0 Å². The quantitative estimate of drug-likeness (QED) is 0.703. The maximum absolute atomic E-state index is 13.0. The van der Waals surface area contributed by atoms with Crippen LogP contribution in [0.4, 0.5) is 0 Å². The number of carbonyl (C=O) groups excluding carboxylic acids is 2. The second-order valence-corrected chi connectivity index (χ2v) is 7.19. The van der Waals surface area contributed by atoms with E-state index < -0.39 is 0 Å². The normalized spacial score (nSPS) is 14.6. The number of benzene rings is 2. The molecule has 1 unspecified atom stereocenters. The highest BCUT2D eigenvalue weighted by Crippen LogP contribution is 2.21. The summed E-state index contributed by atoms with van der Waals surface area (Å²) in [7, 11) is 0. The molecule has 29 heavy (non-hydrogen) atoms. The first kappa shape index (κ1) is 18.9. The highest BCUT2D eigenvalue weighted by molar-refractivity contribution is 5.94. The van der Waals surface area contributed by atoms with Crippen LogP contribution >= 0.6 is 0 Å². The molecule has 4 rings (SSSR count). The molecule has 1 fully saturated rings. The molecule has 1 N–H and O–H groups in total. The van der Waals surface area contributed by atoms with E-state index in [0.717, 1.165) is 29.8 Å². The minimum Gasteiger partial charge on any atom is -0.340 e. The van der Waals surface area contributed by atoms with Gasteiger partial charge >= 0.3 is 0 Å². The molecule has 1 atom stereocenters. The number of pyridine rings is 1. The number of carbonyl (C=O) groups is 2. The lowest BCUT2D eigenvalue weighted by Crippen LogP contribution is -2.30. The van der Waals surface area contributed by atoms with Crippen LogP contribution in [0.3, 0.4) is 0 Å². The number of hydrogen-bond acceptors (Lipinski definition) is 3. The van der Waals surface area contributed by atoms with Gasteiger partial charge in [-0.2, -0.15) is 0 Å². The topological polar surface area (TPSA) is 62.3 Å². The number of amides is 2. The minimum atomic E-state index is -0.339. The smallest absolute Gasteiger partial charge is 0.252 e. The fraction of sp³-hybridized carbons (Fsp3) is 0.208. The molecule has 5 nitrogen and oxygen atoms in total. The van der Waals surface area contributed by atoms with E-state index in [9.17, 15) is 9.59 Å². The highest BCUT2D eigenvalue weighted by atomic mass is 16.2. The lowest BCUT2D eigenvalue weighted by molar-refractivity contribution is -0.128. The first-order chi connectivity index (χ1) is 14.2. The summed E-state index contributed by atoms with van der Waals surface area (Å²) >= 11 is 0. The Morgan fingerprint density at radius 1 is 1.03 bits per heavy atom. The van der Waals surface area contributed by atoms with Gasteiger partial charge in [-0.05, 0) is 41.8 Å². The zero-order valence-electron chi connectivity index (χ0n) is 16.1. The fourth-order valence-corrected chi connectivity index (χ4v) is 3.64. The predicted octanol–water partition coefficient (Wildman–Crippen LogP) is 3.72. The molecule has 1 aliphatic rings. The number of likely N-dealkylation sites (tertiary alicyclic amines) is 1. The van der Waals surface area contributed by atoms with Gasteiger partial charge in [-0.15, -0.1) is 0 Å². The SMILES string of the molecule is O=C(NC(c1ccccc1)c1ccccn1)c1cccc(CN2CCCC2=O)c1. The molecule has 1 aromatic heterocycles. The van der Waals surface area contributed by atoms with Crippen LogP contribution in [-0.4, -0.2) is 28.2 Å². The van der Waals surface area contributed by atoms with Crippen LogP contribution in [0.5, 0.6) is 0 Å². The molecule has 5 heteroatoms. The molecule has 0 radical (unpaired) electrons. The monoisotopic (exact) mass is 385 g/mol. The third kappa shape index (κ3) is 4.51. The van der Waals surface area contributed by atoms with Gasteiger partial charge in [0.15, 0.2) is 0 Å². The lowest BCUT2D eigenvalue weighted by Gasteiger charge is -2.20. The Balaban J connectivity index is 1.55. The maximum atomic E-state index is 13.0. The van der Waals surface area contributed by atoms with Crippen LogP contribution in [0.2, 0.25) is 0 Å². The molecular weight excluding hydrogens is 362 g/mol. The van der Waals surface area contributed by atoms with Crippen molar-refractivity contribution in [1.29, 1.82) is 0 Å². The van der Waals surface area contributed by atoms with Gasteiger partial charge in [0.1, 0.15) is 0 Å². The molecular formula is C24H23N3O2. The lowest BCUT2D eigenvalue weighted by atomic mass is 10.0. The van der Waals surface area contributed by atoms with Crippen molar-refractivity contribution in [2.45, 2.75) is 25.4 Å². The summed E-state index contributed by atoms with van der Waals surface area (Å²) in [5.74, 6) is 0.0123. The molecule has 0 spiro atoms. The van der Waals surface area contributed by atoms with E-state index in [2.05, 4.69) is 10.3 Å². The van der Waals surface area contributed by atoms with Gasteiger partial charge in [-0.3, -0.25) is 14.6 Å². The second-order valence-electron chi connectivity index (χ2n) is 7.19. The number of rotatable bonds is 6. The average Bonchev–Trinajstić information content (AvgIpc) is 3.17. The van der Waals surface area contributed by atoms with E-state index >= 15 is 0 Å². The van der Waals surface area contributed by atoms with Gasteiger partial charge in [-0.25, -0.2) is 0 Å². The van der Waals surface area contributed by atoms with Crippen molar-refractivity contribution < 1.29 is 9.59 Å². The third-order valence-electron chi connectivity index (χ3n) is 5.13. The predicted molar refractivity (Wildman–Crippen MR) is 111 cm³/mol. The minimum absolute atomic E-state index is 0.167. The summed E-state index contributed by atoms with van der Waals surface area (Å²) in [6.45, 7) is 1.33. The van der Waals surface area contributed by atoms with E-state index in [4.69, 9.17) is 0 Å². The number of nitrogens with zero attached hydrogens (tertiary/aromatic N) is 2. The standard InChI is InChI=1S/C24H23N3O2/c28-22-13-7-15-27(22)17-18-8-6-11-20(16-18)24(29)26-23(19-9-2-1-3-10-19)21-12-4-5-14-25-21/h1-6,8-12,14,16,23H,7,13,15,17H2,(H,26,29). The first-order valence-electron chi connectivity index (χ1n) is 9.84. The summed E-state index contributed by atoms with van der Waals surface area (Å²) in [4.78, 5) is 31.2.